The lowest BCUT2D eigenvalue weighted by Gasteiger charge is -2.40. The monoisotopic (exact) mass is 406 g/mol. The molecule has 30 heavy (non-hydrogen) atoms. The van der Waals surface area contributed by atoms with Gasteiger partial charge in [-0.1, -0.05) is 30.3 Å². The van der Waals surface area contributed by atoms with Crippen LogP contribution in [0.25, 0.3) is 0 Å². The molecule has 0 radical (unpaired) electrons. The molecule has 2 aromatic rings. The zero-order valence-electron chi connectivity index (χ0n) is 18.0. The van der Waals surface area contributed by atoms with E-state index in [-0.39, 0.29) is 6.29 Å². The summed E-state index contributed by atoms with van der Waals surface area (Å²) in [4.78, 5) is 0. The van der Waals surface area contributed by atoms with Gasteiger partial charge in [-0.15, -0.1) is 0 Å². The lowest BCUT2D eigenvalue weighted by atomic mass is 9.69. The predicted octanol–water partition coefficient (Wildman–Crippen LogP) is 4.71. The van der Waals surface area contributed by atoms with Crippen molar-refractivity contribution in [1.82, 2.24) is 0 Å². The summed E-state index contributed by atoms with van der Waals surface area (Å²) < 4.78 is 16.7. The summed E-state index contributed by atoms with van der Waals surface area (Å²) in [5.41, 5.74) is 3.94. The van der Waals surface area contributed by atoms with Crippen LogP contribution in [-0.2, 0) is 9.47 Å². The van der Waals surface area contributed by atoms with Crippen molar-refractivity contribution in [3.8, 4) is 5.75 Å². The van der Waals surface area contributed by atoms with E-state index in [1.807, 2.05) is 26.0 Å². The van der Waals surface area contributed by atoms with Crippen LogP contribution in [0.4, 0.5) is 5.69 Å². The molecule has 0 aromatic heterocycles. The van der Waals surface area contributed by atoms with Gasteiger partial charge >= 0.3 is 0 Å². The normalized spacial score (nSPS) is 29.9. The van der Waals surface area contributed by atoms with Gasteiger partial charge in [0.05, 0.1) is 31.2 Å². The third kappa shape index (κ3) is 3.21. The molecule has 3 unspecified atom stereocenters. The Morgan fingerprint density at radius 2 is 1.80 bits per heavy atom. The molecule has 1 heterocycles. The molecule has 1 aliphatic heterocycles. The molecule has 5 heteroatoms. The average Bonchev–Trinajstić information content (AvgIpc) is 3.25. The molecule has 5 nitrogen and oxygen atoms in total. The minimum Gasteiger partial charge on any atom is -0.497 e. The van der Waals surface area contributed by atoms with Crippen LogP contribution < -0.4 is 9.75 Å². The van der Waals surface area contributed by atoms with Gasteiger partial charge in [-0.3, -0.25) is 5.01 Å². The third-order valence-corrected chi connectivity index (χ3v) is 6.90. The van der Waals surface area contributed by atoms with Gasteiger partial charge in [-0.05, 0) is 62.4 Å². The topological polar surface area (TPSA) is 43.3 Å². The van der Waals surface area contributed by atoms with Crippen molar-refractivity contribution in [3.63, 3.8) is 0 Å². The summed E-state index contributed by atoms with van der Waals surface area (Å²) >= 11 is 0. The van der Waals surface area contributed by atoms with Crippen LogP contribution in [0.3, 0.4) is 0 Å². The minimum atomic E-state index is -0.123. The Morgan fingerprint density at radius 1 is 1.07 bits per heavy atom. The van der Waals surface area contributed by atoms with Crippen molar-refractivity contribution in [2.75, 3.05) is 25.3 Å². The van der Waals surface area contributed by atoms with E-state index in [9.17, 15) is 0 Å². The zero-order valence-corrected chi connectivity index (χ0v) is 18.0. The first-order valence-corrected chi connectivity index (χ1v) is 11.0. The molecule has 2 aliphatic carbocycles. The van der Waals surface area contributed by atoms with Crippen LogP contribution in [0.15, 0.2) is 59.7 Å². The fraction of sp³-hybridized carbons (Fsp3) is 0.480. The first kappa shape index (κ1) is 19.6. The van der Waals surface area contributed by atoms with Gasteiger partial charge in [0.1, 0.15) is 5.75 Å². The molecule has 0 saturated heterocycles. The fourth-order valence-electron chi connectivity index (χ4n) is 5.50. The molecule has 158 valence electrons. The maximum absolute atomic E-state index is 5.90. The van der Waals surface area contributed by atoms with E-state index in [0.29, 0.717) is 29.9 Å². The van der Waals surface area contributed by atoms with Crippen LogP contribution in [0.1, 0.15) is 32.3 Å². The molecule has 0 bridgehead atoms. The Labute approximate surface area is 178 Å². The van der Waals surface area contributed by atoms with Crippen LogP contribution in [0.5, 0.6) is 5.75 Å². The summed E-state index contributed by atoms with van der Waals surface area (Å²) in [5, 5.41) is 7.33. The third-order valence-electron chi connectivity index (χ3n) is 6.90. The second-order valence-electron chi connectivity index (χ2n) is 8.68. The highest BCUT2D eigenvalue weighted by Gasteiger charge is 2.76. The Kier molecular flexibility index (Phi) is 5.03. The number of hydrogen-bond acceptors (Lipinski definition) is 5. The van der Waals surface area contributed by atoms with Crippen molar-refractivity contribution in [2.45, 2.75) is 39.0 Å². The molecule has 2 aromatic carbocycles. The number of nitrogens with zero attached hydrogens (tertiary/aromatic N) is 2. The summed E-state index contributed by atoms with van der Waals surface area (Å²) in [5.74, 6) is 1.98. The molecule has 2 saturated carbocycles. The molecule has 2 fully saturated rings. The Morgan fingerprint density at radius 3 is 2.47 bits per heavy atom. The summed E-state index contributed by atoms with van der Waals surface area (Å²) in [6, 6.07) is 19.3. The van der Waals surface area contributed by atoms with E-state index >= 15 is 0 Å². The maximum Gasteiger partial charge on any atom is 0.154 e. The van der Waals surface area contributed by atoms with Crippen molar-refractivity contribution in [1.29, 1.82) is 0 Å². The van der Waals surface area contributed by atoms with Crippen LogP contribution in [0.2, 0.25) is 0 Å². The molecule has 0 amide bonds. The van der Waals surface area contributed by atoms with Crippen molar-refractivity contribution in [3.05, 3.63) is 60.2 Å². The van der Waals surface area contributed by atoms with Gasteiger partial charge in [0.25, 0.3) is 0 Å². The van der Waals surface area contributed by atoms with E-state index in [4.69, 9.17) is 19.3 Å². The van der Waals surface area contributed by atoms with Crippen molar-refractivity contribution < 1.29 is 14.2 Å². The lowest BCUT2D eigenvalue weighted by Crippen LogP contribution is -2.38. The molecule has 0 N–H and O–H groups in total. The first-order valence-electron chi connectivity index (χ1n) is 11.0. The SMILES string of the molecule is CCOC(C)OCC1CC2(C1)C1C(c3ccccc3)=NN(c3ccc(OC)cc3)C12. The molecule has 5 rings (SSSR count). The van der Waals surface area contributed by atoms with Crippen molar-refractivity contribution in [2.24, 2.45) is 22.4 Å². The highest BCUT2D eigenvalue weighted by atomic mass is 16.7. The number of hydrogen-bond donors (Lipinski definition) is 0. The Hall–Kier alpha value is -2.37. The van der Waals surface area contributed by atoms with Crippen molar-refractivity contribution >= 4 is 11.4 Å². The number of methoxy groups -OCH3 is 1. The van der Waals surface area contributed by atoms with Gasteiger partial charge in [0.2, 0.25) is 0 Å². The highest BCUT2D eigenvalue weighted by Crippen LogP contribution is 2.72. The number of ether oxygens (including phenoxy) is 3. The molecule has 1 spiro atoms. The van der Waals surface area contributed by atoms with E-state index in [1.165, 1.54) is 24.1 Å². The minimum absolute atomic E-state index is 0.123. The van der Waals surface area contributed by atoms with Gasteiger partial charge in [0.15, 0.2) is 6.29 Å². The van der Waals surface area contributed by atoms with E-state index < -0.39 is 0 Å². The Balaban J connectivity index is 1.34. The second-order valence-corrected chi connectivity index (χ2v) is 8.68. The van der Waals surface area contributed by atoms with Crippen LogP contribution in [-0.4, -0.2) is 38.4 Å². The summed E-state index contributed by atoms with van der Waals surface area (Å²) in [6.07, 6.45) is 2.27. The largest absolute Gasteiger partial charge is 0.497 e. The number of rotatable bonds is 8. The number of benzene rings is 2. The van der Waals surface area contributed by atoms with E-state index in [0.717, 1.165) is 18.0 Å². The smallest absolute Gasteiger partial charge is 0.154 e. The standard InChI is InChI=1S/C25H30N2O3/c1-4-29-17(2)30-16-18-14-25(15-18)22-23(19-8-6-5-7-9-19)26-27(24(22)25)20-10-12-21(28-3)13-11-20/h5-13,17-18,22,24H,4,14-16H2,1-3H3. The molecule has 3 atom stereocenters. The zero-order chi connectivity index (χ0) is 20.7. The second kappa shape index (κ2) is 7.71. The summed E-state index contributed by atoms with van der Waals surface area (Å²) in [7, 11) is 1.70. The van der Waals surface area contributed by atoms with E-state index in [1.54, 1.807) is 7.11 Å². The molecular weight excluding hydrogens is 376 g/mol. The quantitative estimate of drug-likeness (QED) is 0.596. The molecular formula is C25H30N2O3. The molecule has 3 aliphatic rings. The van der Waals surface area contributed by atoms with Crippen LogP contribution >= 0.6 is 0 Å². The maximum atomic E-state index is 5.90. The van der Waals surface area contributed by atoms with Gasteiger partial charge in [-0.25, -0.2) is 0 Å². The number of anilines is 1. The van der Waals surface area contributed by atoms with Gasteiger partial charge in [0, 0.05) is 17.9 Å². The number of fused-ring (bicyclic) bond motifs is 3. The predicted molar refractivity (Wildman–Crippen MR) is 118 cm³/mol. The number of hydrazone groups is 1. The van der Waals surface area contributed by atoms with E-state index in [2.05, 4.69) is 47.5 Å². The fourth-order valence-corrected chi connectivity index (χ4v) is 5.50. The lowest BCUT2D eigenvalue weighted by molar-refractivity contribution is -0.145. The average molecular weight is 407 g/mol. The Bertz CT molecular complexity index is 906. The first-order chi connectivity index (χ1) is 14.7. The van der Waals surface area contributed by atoms with Crippen LogP contribution in [0, 0.1) is 17.3 Å². The van der Waals surface area contributed by atoms with Gasteiger partial charge in [-0.2, -0.15) is 5.10 Å². The van der Waals surface area contributed by atoms with Gasteiger partial charge < -0.3 is 14.2 Å². The summed E-state index contributed by atoms with van der Waals surface area (Å²) in [6.45, 7) is 5.45. The highest BCUT2D eigenvalue weighted by molar-refractivity contribution is 6.08.